The molecule has 1 N–H and O–H groups in total. The summed E-state index contributed by atoms with van der Waals surface area (Å²) in [6, 6.07) is 0. The van der Waals surface area contributed by atoms with Gasteiger partial charge in [-0.25, -0.2) is 0 Å². The van der Waals surface area contributed by atoms with Crippen LogP contribution in [0.15, 0.2) is 0 Å². The zero-order chi connectivity index (χ0) is 14.5. The van der Waals surface area contributed by atoms with E-state index in [1.807, 2.05) is 0 Å². The minimum atomic E-state index is -0.956. The summed E-state index contributed by atoms with van der Waals surface area (Å²) < 4.78 is 0. The summed E-state index contributed by atoms with van der Waals surface area (Å²) in [6.45, 7) is 2.02. The molecule has 114 valence electrons. The summed E-state index contributed by atoms with van der Waals surface area (Å²) in [5.41, 5.74) is 0. The van der Waals surface area contributed by atoms with Crippen molar-refractivity contribution in [3.05, 3.63) is 0 Å². The molecule has 1 amide bonds. The molecule has 0 aliphatic rings. The van der Waals surface area contributed by atoms with Crippen LogP contribution in [0, 0.1) is 0 Å². The Morgan fingerprint density at radius 2 is 1.35 bits per heavy atom. The number of carbonyl (C=O) groups excluding carboxylic acids is 1. The summed E-state index contributed by atoms with van der Waals surface area (Å²) in [5, 5.41) is 8.57. The fourth-order valence-electron chi connectivity index (χ4n) is 2.07. The first kappa shape index (κ1) is 21.9. The van der Waals surface area contributed by atoms with Crippen LogP contribution in [0.25, 0.3) is 0 Å². The van der Waals surface area contributed by atoms with E-state index in [2.05, 4.69) is 6.92 Å². The second kappa shape index (κ2) is 15.0. The van der Waals surface area contributed by atoms with Gasteiger partial charge in [-0.15, -0.1) is 0 Å². The Kier molecular flexibility index (Phi) is 16.3. The Hall–Kier alpha value is -0.437. The number of carboxylic acid groups (broad SMARTS) is 1. The smallest absolute Gasteiger partial charge is 0.323 e. The molecular formula is C15H29NO3Zn. The van der Waals surface area contributed by atoms with Gasteiger partial charge in [0.1, 0.15) is 6.54 Å². The third kappa shape index (κ3) is 14.0. The monoisotopic (exact) mass is 335 g/mol. The standard InChI is InChI=1S/C15H29NO3.Zn/c1-3-4-5-6-7-8-9-10-11-12-14(17)16(2)13-15(18)19;/h3-13H2,1-2H3,(H,18,19);. The Morgan fingerprint density at radius 1 is 0.900 bits per heavy atom. The molecule has 0 aliphatic carbocycles. The number of amides is 1. The molecule has 0 radical (unpaired) electrons. The number of likely N-dealkylation sites (N-methyl/N-ethyl adjacent to an activating group) is 1. The summed E-state index contributed by atoms with van der Waals surface area (Å²) in [7, 11) is 1.55. The van der Waals surface area contributed by atoms with E-state index in [0.717, 1.165) is 12.8 Å². The number of carboxylic acids is 1. The second-order valence-corrected chi connectivity index (χ2v) is 5.22. The zero-order valence-corrected chi connectivity index (χ0v) is 16.2. The van der Waals surface area contributed by atoms with E-state index in [4.69, 9.17) is 5.11 Å². The van der Waals surface area contributed by atoms with Gasteiger partial charge in [0.05, 0.1) is 0 Å². The molecule has 0 saturated heterocycles. The Balaban J connectivity index is 0. The molecule has 0 unspecified atom stereocenters. The van der Waals surface area contributed by atoms with Gasteiger partial charge in [0.25, 0.3) is 0 Å². The summed E-state index contributed by atoms with van der Waals surface area (Å²) in [5.74, 6) is -1.02. The van der Waals surface area contributed by atoms with E-state index < -0.39 is 5.97 Å². The molecule has 20 heavy (non-hydrogen) atoms. The summed E-state index contributed by atoms with van der Waals surface area (Å²) in [4.78, 5) is 23.3. The first-order valence-electron chi connectivity index (χ1n) is 7.53. The second-order valence-electron chi connectivity index (χ2n) is 5.22. The molecule has 0 heterocycles. The maximum atomic E-state index is 11.5. The van der Waals surface area contributed by atoms with Crippen LogP contribution >= 0.6 is 0 Å². The van der Waals surface area contributed by atoms with Gasteiger partial charge in [0, 0.05) is 32.9 Å². The van der Waals surface area contributed by atoms with Crippen molar-refractivity contribution in [3.8, 4) is 0 Å². The number of carbonyl (C=O) groups is 2. The predicted molar refractivity (Wildman–Crippen MR) is 77.1 cm³/mol. The fraction of sp³-hybridized carbons (Fsp3) is 0.867. The molecule has 0 aromatic rings. The van der Waals surface area contributed by atoms with Crippen molar-refractivity contribution in [1.29, 1.82) is 0 Å². The normalized spacial score (nSPS) is 9.90. The topological polar surface area (TPSA) is 57.6 Å². The molecule has 0 bridgehead atoms. The van der Waals surface area contributed by atoms with Crippen molar-refractivity contribution in [2.45, 2.75) is 71.1 Å². The quantitative estimate of drug-likeness (QED) is 0.438. The largest absolute Gasteiger partial charge is 0.480 e. The Labute approximate surface area is 136 Å². The zero-order valence-electron chi connectivity index (χ0n) is 13.2. The van der Waals surface area contributed by atoms with Gasteiger partial charge < -0.3 is 10.0 Å². The minimum absolute atomic E-state index is 0. The van der Waals surface area contributed by atoms with Gasteiger partial charge in [0.15, 0.2) is 0 Å². The molecule has 0 atom stereocenters. The maximum Gasteiger partial charge on any atom is 0.323 e. The van der Waals surface area contributed by atoms with E-state index in [0.29, 0.717) is 6.42 Å². The van der Waals surface area contributed by atoms with Crippen molar-refractivity contribution < 1.29 is 34.2 Å². The van der Waals surface area contributed by atoms with Gasteiger partial charge in [-0.2, -0.15) is 0 Å². The van der Waals surface area contributed by atoms with E-state index in [1.54, 1.807) is 7.05 Å². The molecule has 0 saturated carbocycles. The van der Waals surface area contributed by atoms with Gasteiger partial charge in [-0.3, -0.25) is 9.59 Å². The number of unbranched alkanes of at least 4 members (excludes halogenated alkanes) is 8. The van der Waals surface area contributed by atoms with Crippen LogP contribution in [-0.4, -0.2) is 35.5 Å². The average molecular weight is 337 g/mol. The van der Waals surface area contributed by atoms with Crippen LogP contribution in [0.3, 0.4) is 0 Å². The van der Waals surface area contributed by atoms with E-state index in [9.17, 15) is 9.59 Å². The van der Waals surface area contributed by atoms with Crippen molar-refractivity contribution in [3.63, 3.8) is 0 Å². The number of nitrogens with zero attached hydrogens (tertiary/aromatic N) is 1. The van der Waals surface area contributed by atoms with Gasteiger partial charge in [-0.05, 0) is 6.42 Å². The molecule has 0 aliphatic heterocycles. The van der Waals surface area contributed by atoms with Gasteiger partial charge in [-0.1, -0.05) is 58.3 Å². The first-order chi connectivity index (χ1) is 9.07. The number of rotatable bonds is 12. The van der Waals surface area contributed by atoms with Gasteiger partial charge >= 0.3 is 5.97 Å². The molecule has 4 nitrogen and oxygen atoms in total. The van der Waals surface area contributed by atoms with Crippen LogP contribution in [0.1, 0.15) is 71.1 Å². The van der Waals surface area contributed by atoms with Crippen molar-refractivity contribution in [2.24, 2.45) is 0 Å². The van der Waals surface area contributed by atoms with E-state index in [1.165, 1.54) is 49.8 Å². The van der Waals surface area contributed by atoms with Crippen LogP contribution < -0.4 is 0 Å². The number of aliphatic carboxylic acids is 1. The first-order valence-corrected chi connectivity index (χ1v) is 7.53. The summed E-state index contributed by atoms with van der Waals surface area (Å²) in [6.07, 6.45) is 11.4. The molecule has 0 rings (SSSR count). The number of hydrogen-bond acceptors (Lipinski definition) is 2. The molecule has 0 aromatic heterocycles. The fourth-order valence-corrected chi connectivity index (χ4v) is 2.07. The van der Waals surface area contributed by atoms with Crippen molar-refractivity contribution in [2.75, 3.05) is 13.6 Å². The van der Waals surface area contributed by atoms with E-state index >= 15 is 0 Å². The van der Waals surface area contributed by atoms with E-state index in [-0.39, 0.29) is 31.9 Å². The Bertz CT molecular complexity index is 260. The predicted octanol–water partition coefficient (Wildman–Crippen LogP) is 3.45. The molecular weight excluding hydrogens is 308 g/mol. The Morgan fingerprint density at radius 3 is 1.80 bits per heavy atom. The third-order valence-corrected chi connectivity index (χ3v) is 3.29. The molecule has 0 aromatic carbocycles. The SMILES string of the molecule is CCCCCCCCCCCC(=O)N(C)CC(=O)O.[Zn]. The van der Waals surface area contributed by atoms with Crippen LogP contribution in [0.2, 0.25) is 0 Å². The van der Waals surface area contributed by atoms with Crippen molar-refractivity contribution in [1.82, 2.24) is 4.90 Å². The van der Waals surface area contributed by atoms with Crippen molar-refractivity contribution >= 4 is 11.9 Å². The maximum absolute atomic E-state index is 11.5. The molecule has 0 fully saturated rings. The third-order valence-electron chi connectivity index (χ3n) is 3.29. The average Bonchev–Trinajstić information content (AvgIpc) is 2.35. The van der Waals surface area contributed by atoms with Gasteiger partial charge in [0.2, 0.25) is 5.91 Å². The minimum Gasteiger partial charge on any atom is -0.480 e. The molecule has 5 heteroatoms. The molecule has 0 spiro atoms. The van der Waals surface area contributed by atoms with Crippen LogP contribution in [0.4, 0.5) is 0 Å². The summed E-state index contributed by atoms with van der Waals surface area (Å²) >= 11 is 0. The van der Waals surface area contributed by atoms with Crippen LogP contribution in [-0.2, 0) is 29.1 Å². The number of hydrogen-bond donors (Lipinski definition) is 1. The van der Waals surface area contributed by atoms with Crippen LogP contribution in [0.5, 0.6) is 0 Å².